The molecule has 192 valence electrons. The summed E-state index contributed by atoms with van der Waals surface area (Å²) in [6.45, 7) is 9.32. The van der Waals surface area contributed by atoms with Gasteiger partial charge in [0.2, 0.25) is 0 Å². The first-order chi connectivity index (χ1) is 17.5. The van der Waals surface area contributed by atoms with E-state index in [0.29, 0.717) is 38.5 Å². The number of carbonyl (C=O) groups is 1. The van der Waals surface area contributed by atoms with E-state index in [1.54, 1.807) is 22.9 Å². The van der Waals surface area contributed by atoms with E-state index < -0.39 is 6.10 Å². The van der Waals surface area contributed by atoms with Crippen molar-refractivity contribution in [3.05, 3.63) is 53.1 Å². The molecule has 4 aliphatic heterocycles. The molecular formula is C27H33N3O5S. The number of carbonyl (C=O) groups excluding carboxylic acids is 1. The number of ether oxygens (including phenoxy) is 3. The first-order valence-electron chi connectivity index (χ1n) is 12.5. The molecule has 1 N–H and O–H groups in total. The molecule has 4 heterocycles. The van der Waals surface area contributed by atoms with Gasteiger partial charge in [-0.25, -0.2) is 4.31 Å². The van der Waals surface area contributed by atoms with E-state index in [0.717, 1.165) is 47.5 Å². The highest BCUT2D eigenvalue weighted by molar-refractivity contribution is 7.97. The van der Waals surface area contributed by atoms with E-state index in [2.05, 4.69) is 15.3 Å². The quantitative estimate of drug-likeness (QED) is 0.494. The number of aliphatic hydroxyl groups is 1. The van der Waals surface area contributed by atoms with E-state index in [-0.39, 0.29) is 5.91 Å². The molecule has 9 heteroatoms. The monoisotopic (exact) mass is 511 g/mol. The van der Waals surface area contributed by atoms with Gasteiger partial charge in [-0.1, -0.05) is 19.9 Å². The normalized spacial score (nSPS) is 19.2. The summed E-state index contributed by atoms with van der Waals surface area (Å²) in [7, 11) is 1.99. The number of hydrogen-bond acceptors (Lipinski definition) is 8. The average Bonchev–Trinajstić information content (AvgIpc) is 3.48. The second kappa shape index (κ2) is 10.6. The van der Waals surface area contributed by atoms with Crippen LogP contribution in [-0.4, -0.2) is 79.8 Å². The highest BCUT2D eigenvalue weighted by Gasteiger charge is 2.35. The first kappa shape index (κ1) is 24.8. The number of benzene rings is 2. The van der Waals surface area contributed by atoms with Crippen molar-refractivity contribution in [2.75, 3.05) is 64.5 Å². The van der Waals surface area contributed by atoms with Crippen LogP contribution in [0.4, 0.5) is 5.69 Å². The van der Waals surface area contributed by atoms with Gasteiger partial charge in [0.15, 0.2) is 17.6 Å². The average molecular weight is 512 g/mol. The van der Waals surface area contributed by atoms with Crippen LogP contribution in [0, 0.1) is 0 Å². The van der Waals surface area contributed by atoms with Crippen LogP contribution < -0.4 is 19.1 Å². The molecule has 36 heavy (non-hydrogen) atoms. The van der Waals surface area contributed by atoms with Crippen molar-refractivity contribution in [1.29, 1.82) is 0 Å². The van der Waals surface area contributed by atoms with Crippen molar-refractivity contribution in [3.8, 4) is 17.2 Å². The molecule has 1 atom stereocenters. The molecule has 0 aliphatic carbocycles. The Labute approximate surface area is 216 Å². The van der Waals surface area contributed by atoms with Crippen LogP contribution in [0.15, 0.2) is 52.4 Å². The molecule has 0 bridgehead atoms. The molecule has 6 rings (SSSR count). The van der Waals surface area contributed by atoms with Crippen LogP contribution in [0.3, 0.4) is 0 Å². The number of amides is 1. The minimum absolute atomic E-state index is 0.250. The zero-order valence-electron chi connectivity index (χ0n) is 21.0. The Morgan fingerprint density at radius 1 is 0.889 bits per heavy atom. The summed E-state index contributed by atoms with van der Waals surface area (Å²) in [6, 6.07) is 11.5. The van der Waals surface area contributed by atoms with Crippen LogP contribution >= 0.6 is 11.9 Å². The summed E-state index contributed by atoms with van der Waals surface area (Å²) in [5, 5.41) is 10.8. The smallest absolute Gasteiger partial charge is 0.256 e. The van der Waals surface area contributed by atoms with Crippen LogP contribution in [0.5, 0.6) is 17.2 Å². The largest absolute Gasteiger partial charge is 0.490 e. The van der Waals surface area contributed by atoms with E-state index in [9.17, 15) is 9.90 Å². The number of rotatable bonds is 4. The molecule has 0 fully saturated rings. The van der Waals surface area contributed by atoms with Gasteiger partial charge in [-0.3, -0.25) is 4.79 Å². The lowest BCUT2D eigenvalue weighted by atomic mass is 10.1. The Bertz CT molecular complexity index is 1150. The number of anilines is 1. The summed E-state index contributed by atoms with van der Waals surface area (Å²) in [6.07, 6.45) is -1.18. The third-order valence-electron chi connectivity index (χ3n) is 6.69. The number of likely N-dealkylation sites (N-methyl/N-ethyl adjacent to an activating group) is 1. The Balaban J connectivity index is 0.00000130. The number of fused-ring (bicyclic) bond motifs is 2. The fraction of sp³-hybridized carbons (Fsp3) is 0.444. The van der Waals surface area contributed by atoms with Crippen LogP contribution in [0.1, 0.15) is 25.5 Å². The Morgan fingerprint density at radius 2 is 1.56 bits per heavy atom. The lowest BCUT2D eigenvalue weighted by Crippen LogP contribution is -2.36. The number of aliphatic hydroxyl groups excluding tert-OH is 1. The first-order valence-corrected chi connectivity index (χ1v) is 13.3. The second-order valence-electron chi connectivity index (χ2n) is 9.00. The van der Waals surface area contributed by atoms with Crippen molar-refractivity contribution in [2.45, 2.75) is 24.8 Å². The Kier molecular flexibility index (Phi) is 7.32. The fourth-order valence-electron chi connectivity index (χ4n) is 4.85. The molecule has 1 amide bonds. The van der Waals surface area contributed by atoms with Gasteiger partial charge in [-0.05, 0) is 59.0 Å². The number of nitrogens with zero attached hydrogens (tertiary/aromatic N) is 3. The second-order valence-corrected chi connectivity index (χ2v) is 10.2. The summed E-state index contributed by atoms with van der Waals surface area (Å²) < 4.78 is 19.3. The summed E-state index contributed by atoms with van der Waals surface area (Å²) >= 11 is 1.69. The third-order valence-corrected chi connectivity index (χ3v) is 7.67. The maximum Gasteiger partial charge on any atom is 0.256 e. The van der Waals surface area contributed by atoms with E-state index >= 15 is 0 Å². The van der Waals surface area contributed by atoms with Crippen molar-refractivity contribution in [2.24, 2.45) is 0 Å². The predicted octanol–water partition coefficient (Wildman–Crippen LogP) is 3.51. The Morgan fingerprint density at radius 3 is 2.31 bits per heavy atom. The van der Waals surface area contributed by atoms with Crippen LogP contribution in [-0.2, 0) is 4.79 Å². The SMILES string of the molecule is CC.CN1CCOc2ccc(C(O)C(=O)N3CC4=C(CN(Sc5ccc6c(c5)OCCO6)C4)C3)cc21. The van der Waals surface area contributed by atoms with Crippen LogP contribution in [0.2, 0.25) is 0 Å². The lowest BCUT2D eigenvalue weighted by Gasteiger charge is -2.29. The van der Waals surface area contributed by atoms with Gasteiger partial charge in [0.05, 0.1) is 12.2 Å². The molecule has 0 saturated heterocycles. The molecule has 0 saturated carbocycles. The van der Waals surface area contributed by atoms with Crippen LogP contribution in [0.25, 0.3) is 0 Å². The van der Waals surface area contributed by atoms with Gasteiger partial charge >= 0.3 is 0 Å². The Hall–Kier alpha value is -2.88. The van der Waals surface area contributed by atoms with Gasteiger partial charge < -0.3 is 29.1 Å². The topological polar surface area (TPSA) is 74.7 Å². The highest BCUT2D eigenvalue weighted by atomic mass is 32.2. The van der Waals surface area contributed by atoms with Gasteiger partial charge in [-0.15, -0.1) is 0 Å². The standard InChI is InChI=1S/C25H27N3O5S.C2H6/c1-26-6-7-31-21-4-2-16(10-20(21)26)24(29)25(30)27-12-17-14-28(15-18(17)13-27)34-19-3-5-22-23(11-19)33-9-8-32-22;1-2/h2-5,10-11,24,29H,6-9,12-15H2,1H3;1-2H3. The zero-order valence-corrected chi connectivity index (χ0v) is 21.8. The van der Waals surface area contributed by atoms with Gasteiger partial charge in [-0.2, -0.15) is 0 Å². The molecule has 1 unspecified atom stereocenters. The molecule has 0 aromatic heterocycles. The molecular weight excluding hydrogens is 478 g/mol. The minimum Gasteiger partial charge on any atom is -0.490 e. The summed E-state index contributed by atoms with van der Waals surface area (Å²) in [5.41, 5.74) is 4.04. The summed E-state index contributed by atoms with van der Waals surface area (Å²) in [5.74, 6) is 2.12. The number of hydrogen-bond donors (Lipinski definition) is 1. The summed E-state index contributed by atoms with van der Waals surface area (Å²) in [4.78, 5) is 18.0. The van der Waals surface area contributed by atoms with E-state index in [1.807, 2.05) is 45.2 Å². The lowest BCUT2D eigenvalue weighted by molar-refractivity contribution is -0.139. The van der Waals surface area contributed by atoms with Crippen molar-refractivity contribution < 1.29 is 24.1 Å². The maximum atomic E-state index is 13.1. The minimum atomic E-state index is -1.18. The van der Waals surface area contributed by atoms with Gasteiger partial charge in [0.25, 0.3) is 5.91 Å². The van der Waals surface area contributed by atoms with E-state index in [1.165, 1.54) is 11.1 Å². The highest BCUT2D eigenvalue weighted by Crippen LogP contribution is 2.39. The van der Waals surface area contributed by atoms with Gasteiger partial charge in [0, 0.05) is 38.1 Å². The maximum absolute atomic E-state index is 13.1. The molecule has 8 nitrogen and oxygen atoms in total. The molecule has 4 aliphatic rings. The zero-order chi connectivity index (χ0) is 25.2. The van der Waals surface area contributed by atoms with Crippen molar-refractivity contribution in [3.63, 3.8) is 0 Å². The van der Waals surface area contributed by atoms with Crippen molar-refractivity contribution in [1.82, 2.24) is 9.21 Å². The van der Waals surface area contributed by atoms with E-state index in [4.69, 9.17) is 14.2 Å². The molecule has 2 aromatic rings. The third kappa shape index (κ3) is 4.87. The van der Waals surface area contributed by atoms with Gasteiger partial charge in [0.1, 0.15) is 25.6 Å². The fourth-order valence-corrected chi connectivity index (χ4v) is 5.88. The molecule has 2 aromatic carbocycles. The molecule has 0 radical (unpaired) electrons. The predicted molar refractivity (Wildman–Crippen MR) is 140 cm³/mol. The molecule has 0 spiro atoms. The van der Waals surface area contributed by atoms with Crippen molar-refractivity contribution >= 4 is 23.5 Å².